The van der Waals surface area contributed by atoms with Gasteiger partial charge in [-0.05, 0) is 59.5 Å². The molecule has 1 N–H and O–H groups in total. The zero-order valence-corrected chi connectivity index (χ0v) is 13.4. The van der Waals surface area contributed by atoms with Gasteiger partial charge in [-0.15, -0.1) is 11.6 Å². The highest BCUT2D eigenvalue weighted by molar-refractivity contribution is 14.1. The Morgan fingerprint density at radius 3 is 2.84 bits per heavy atom. The molecule has 1 amide bonds. The molecule has 0 aromatic heterocycles. The van der Waals surface area contributed by atoms with E-state index in [4.69, 9.17) is 11.6 Å². The SMILES string of the molecule is O=C(NC1CCCCC1CCl)c1ccc(F)cc1I. The van der Waals surface area contributed by atoms with E-state index in [1.165, 1.54) is 24.6 Å². The topological polar surface area (TPSA) is 29.1 Å². The molecule has 1 fully saturated rings. The molecule has 5 heteroatoms. The molecule has 1 aromatic carbocycles. The number of amides is 1. The van der Waals surface area contributed by atoms with E-state index in [0.29, 0.717) is 20.9 Å². The molecule has 0 radical (unpaired) electrons. The summed E-state index contributed by atoms with van der Waals surface area (Å²) in [4.78, 5) is 12.2. The normalized spacial score (nSPS) is 23.1. The summed E-state index contributed by atoms with van der Waals surface area (Å²) in [7, 11) is 0. The average Bonchev–Trinajstić information content (AvgIpc) is 2.39. The predicted octanol–water partition coefficient (Wildman–Crippen LogP) is 3.96. The molecule has 104 valence electrons. The summed E-state index contributed by atoms with van der Waals surface area (Å²) in [5.74, 6) is 0.465. The van der Waals surface area contributed by atoms with Crippen molar-refractivity contribution in [3.63, 3.8) is 0 Å². The number of nitrogens with one attached hydrogen (secondary N) is 1. The molecule has 2 atom stereocenters. The van der Waals surface area contributed by atoms with Crippen LogP contribution in [-0.2, 0) is 0 Å². The van der Waals surface area contributed by atoms with Crippen molar-refractivity contribution in [2.45, 2.75) is 31.7 Å². The summed E-state index contributed by atoms with van der Waals surface area (Å²) in [5.41, 5.74) is 0.529. The fourth-order valence-corrected chi connectivity index (χ4v) is 3.59. The van der Waals surface area contributed by atoms with Gasteiger partial charge in [0.1, 0.15) is 5.82 Å². The van der Waals surface area contributed by atoms with Gasteiger partial charge in [0.25, 0.3) is 5.91 Å². The standard InChI is InChI=1S/C14H16ClFINO/c15-8-9-3-1-2-4-13(9)18-14(19)11-6-5-10(16)7-12(11)17/h5-7,9,13H,1-4,8H2,(H,18,19). The summed E-state index contributed by atoms with van der Waals surface area (Å²) in [6.07, 6.45) is 4.34. The van der Waals surface area contributed by atoms with E-state index in [9.17, 15) is 9.18 Å². The summed E-state index contributed by atoms with van der Waals surface area (Å²) in [6.45, 7) is 0. The number of hydrogen-bond donors (Lipinski definition) is 1. The monoisotopic (exact) mass is 395 g/mol. The van der Waals surface area contributed by atoms with Gasteiger partial charge in [-0.3, -0.25) is 4.79 Å². The highest BCUT2D eigenvalue weighted by atomic mass is 127. The van der Waals surface area contributed by atoms with E-state index in [-0.39, 0.29) is 17.8 Å². The van der Waals surface area contributed by atoms with E-state index in [2.05, 4.69) is 5.32 Å². The van der Waals surface area contributed by atoms with Crippen LogP contribution in [0.5, 0.6) is 0 Å². The van der Waals surface area contributed by atoms with Crippen LogP contribution in [0.4, 0.5) is 4.39 Å². The molecule has 0 heterocycles. The Balaban J connectivity index is 2.07. The van der Waals surface area contributed by atoms with Crippen molar-refractivity contribution in [1.82, 2.24) is 5.32 Å². The lowest BCUT2D eigenvalue weighted by Gasteiger charge is -2.30. The van der Waals surface area contributed by atoms with E-state index < -0.39 is 0 Å². The van der Waals surface area contributed by atoms with E-state index in [1.54, 1.807) is 0 Å². The second-order valence-corrected chi connectivity index (χ2v) is 6.37. The molecule has 2 rings (SSSR count). The molecule has 2 unspecified atom stereocenters. The van der Waals surface area contributed by atoms with Crippen molar-refractivity contribution in [2.24, 2.45) is 5.92 Å². The van der Waals surface area contributed by atoms with E-state index in [0.717, 1.165) is 19.3 Å². The van der Waals surface area contributed by atoms with E-state index >= 15 is 0 Å². The molecule has 19 heavy (non-hydrogen) atoms. The minimum atomic E-state index is -0.322. The maximum Gasteiger partial charge on any atom is 0.252 e. The molecule has 1 saturated carbocycles. The second kappa shape index (κ2) is 6.88. The first kappa shape index (κ1) is 15.0. The van der Waals surface area contributed by atoms with Crippen LogP contribution in [0.2, 0.25) is 0 Å². The van der Waals surface area contributed by atoms with Crippen LogP contribution in [0.15, 0.2) is 18.2 Å². The first-order valence-corrected chi connectivity index (χ1v) is 8.05. The first-order valence-electron chi connectivity index (χ1n) is 6.43. The van der Waals surface area contributed by atoms with Crippen molar-refractivity contribution in [2.75, 3.05) is 5.88 Å². The van der Waals surface area contributed by atoms with Crippen LogP contribution in [0.1, 0.15) is 36.0 Å². The number of carbonyl (C=O) groups excluding carboxylic acids is 1. The second-order valence-electron chi connectivity index (χ2n) is 4.90. The van der Waals surface area contributed by atoms with E-state index in [1.807, 2.05) is 22.6 Å². The molecular weight excluding hydrogens is 380 g/mol. The zero-order chi connectivity index (χ0) is 13.8. The largest absolute Gasteiger partial charge is 0.349 e. The Labute approximate surface area is 131 Å². The van der Waals surface area contributed by atoms with Crippen LogP contribution in [-0.4, -0.2) is 17.8 Å². The van der Waals surface area contributed by atoms with Gasteiger partial charge >= 0.3 is 0 Å². The van der Waals surface area contributed by atoms with Crippen molar-refractivity contribution >= 4 is 40.1 Å². The summed E-state index contributed by atoms with van der Waals surface area (Å²) in [6, 6.07) is 4.36. The molecule has 2 nitrogen and oxygen atoms in total. The Kier molecular flexibility index (Phi) is 5.45. The zero-order valence-electron chi connectivity index (χ0n) is 10.5. The lowest BCUT2D eigenvalue weighted by molar-refractivity contribution is 0.0910. The van der Waals surface area contributed by atoms with Crippen molar-refractivity contribution < 1.29 is 9.18 Å². The maximum absolute atomic E-state index is 13.0. The van der Waals surface area contributed by atoms with Crippen LogP contribution in [0, 0.1) is 15.3 Å². The van der Waals surface area contributed by atoms with Gasteiger partial charge in [0.15, 0.2) is 0 Å². The van der Waals surface area contributed by atoms with Gasteiger partial charge in [0.05, 0.1) is 5.56 Å². The first-order chi connectivity index (χ1) is 9.11. The summed E-state index contributed by atoms with van der Waals surface area (Å²) in [5, 5.41) is 3.05. The Bertz CT molecular complexity index is 469. The van der Waals surface area contributed by atoms with Crippen LogP contribution >= 0.6 is 34.2 Å². The smallest absolute Gasteiger partial charge is 0.252 e. The van der Waals surface area contributed by atoms with Gasteiger partial charge in [-0.2, -0.15) is 0 Å². The molecule has 0 aliphatic heterocycles. The van der Waals surface area contributed by atoms with Crippen molar-refractivity contribution in [3.05, 3.63) is 33.1 Å². The quantitative estimate of drug-likeness (QED) is 0.609. The highest BCUT2D eigenvalue weighted by Gasteiger charge is 2.26. The summed E-state index contributed by atoms with van der Waals surface area (Å²) >= 11 is 7.94. The summed E-state index contributed by atoms with van der Waals surface area (Å²) < 4.78 is 13.7. The molecule has 1 aliphatic carbocycles. The maximum atomic E-state index is 13.0. The van der Waals surface area contributed by atoms with Crippen LogP contribution in [0.25, 0.3) is 0 Å². The number of benzene rings is 1. The minimum Gasteiger partial charge on any atom is -0.349 e. The van der Waals surface area contributed by atoms with Crippen molar-refractivity contribution in [3.8, 4) is 0 Å². The fourth-order valence-electron chi connectivity index (χ4n) is 2.50. The van der Waals surface area contributed by atoms with Gasteiger partial charge in [0, 0.05) is 15.5 Å². The predicted molar refractivity (Wildman–Crippen MR) is 83.0 cm³/mol. The number of carbonyl (C=O) groups is 1. The molecular formula is C14H16ClFINO. The molecule has 0 bridgehead atoms. The average molecular weight is 396 g/mol. The number of rotatable bonds is 3. The highest BCUT2D eigenvalue weighted by Crippen LogP contribution is 2.26. The fraction of sp³-hybridized carbons (Fsp3) is 0.500. The lowest BCUT2D eigenvalue weighted by Crippen LogP contribution is -2.43. The van der Waals surface area contributed by atoms with Crippen LogP contribution in [0.3, 0.4) is 0 Å². The number of halogens is 3. The molecule has 1 aromatic rings. The molecule has 0 saturated heterocycles. The third-order valence-corrected chi connectivity index (χ3v) is 4.89. The molecule has 1 aliphatic rings. The van der Waals surface area contributed by atoms with Gasteiger partial charge in [-0.25, -0.2) is 4.39 Å². The third-order valence-electron chi connectivity index (χ3n) is 3.60. The molecule has 0 spiro atoms. The Morgan fingerprint density at radius 1 is 1.42 bits per heavy atom. The van der Waals surface area contributed by atoms with Gasteiger partial charge in [0.2, 0.25) is 0 Å². The number of alkyl halides is 1. The van der Waals surface area contributed by atoms with Crippen LogP contribution < -0.4 is 5.32 Å². The third kappa shape index (κ3) is 3.81. The van der Waals surface area contributed by atoms with Crippen molar-refractivity contribution in [1.29, 1.82) is 0 Å². The van der Waals surface area contributed by atoms with Gasteiger partial charge < -0.3 is 5.32 Å². The number of hydrogen-bond acceptors (Lipinski definition) is 1. The Hall–Kier alpha value is -0.360. The minimum absolute atomic E-state index is 0.133. The van der Waals surface area contributed by atoms with Gasteiger partial charge in [-0.1, -0.05) is 12.8 Å². The lowest BCUT2D eigenvalue weighted by atomic mass is 9.85. The Morgan fingerprint density at radius 2 is 2.16 bits per heavy atom.